The summed E-state index contributed by atoms with van der Waals surface area (Å²) in [5.41, 5.74) is 9.70. The van der Waals surface area contributed by atoms with Crippen molar-refractivity contribution in [2.45, 2.75) is 78.4 Å². The second-order valence-corrected chi connectivity index (χ2v) is 14.5. The van der Waals surface area contributed by atoms with Gasteiger partial charge >= 0.3 is 6.09 Å². The predicted molar refractivity (Wildman–Crippen MR) is 201 cm³/mol. The number of halogens is 1. The highest BCUT2D eigenvalue weighted by Gasteiger charge is 2.32. The third-order valence-corrected chi connectivity index (χ3v) is 8.32. The number of carbonyl (C=O) groups is 3. The van der Waals surface area contributed by atoms with Crippen molar-refractivity contribution in [3.63, 3.8) is 0 Å². The van der Waals surface area contributed by atoms with Gasteiger partial charge in [0, 0.05) is 32.4 Å². The number of nitrogens with two attached hydrogens (primary N) is 2. The van der Waals surface area contributed by atoms with Gasteiger partial charge in [0.25, 0.3) is 12.4 Å². The van der Waals surface area contributed by atoms with Gasteiger partial charge in [0.1, 0.15) is 28.0 Å². The van der Waals surface area contributed by atoms with Gasteiger partial charge in [-0.15, -0.1) is 0 Å². The van der Waals surface area contributed by atoms with Crippen molar-refractivity contribution < 1.29 is 33.0 Å². The average molecular weight is 720 g/mol. The van der Waals surface area contributed by atoms with Crippen molar-refractivity contribution >= 4 is 45.8 Å². The number of benzene rings is 3. The maximum Gasteiger partial charge on any atom is 0.405 e. The van der Waals surface area contributed by atoms with Crippen molar-refractivity contribution in [1.82, 2.24) is 9.47 Å². The smallest absolute Gasteiger partial charge is 0.405 e. The number of rotatable bonds is 3. The SMILES string of the molecule is CC(C)(C)OC(N)=O.CC(C)(C)OC=O.CN.O=C(c1cn2c3c(c(N4CCCC4)c(F)cc3c1=O)Oc1cc3ccccc3cc1-2)N1CCCC1. The van der Waals surface area contributed by atoms with Crippen molar-refractivity contribution in [3.05, 3.63) is 70.3 Å². The summed E-state index contributed by atoms with van der Waals surface area (Å²) in [6.07, 6.45) is 4.72. The zero-order valence-corrected chi connectivity index (χ0v) is 31.1. The van der Waals surface area contributed by atoms with E-state index in [0.29, 0.717) is 42.3 Å². The molecule has 2 saturated heterocycles. The number of ether oxygens (including phenoxy) is 3. The second kappa shape index (κ2) is 16.4. The fourth-order valence-electron chi connectivity index (χ4n) is 6.21. The average Bonchev–Trinajstić information content (AvgIpc) is 3.80. The number of aromatic nitrogens is 1. The van der Waals surface area contributed by atoms with E-state index < -0.39 is 22.9 Å². The Morgan fingerprint density at radius 1 is 0.885 bits per heavy atom. The van der Waals surface area contributed by atoms with Gasteiger partial charge in [-0.1, -0.05) is 24.3 Å². The Kier molecular flexibility index (Phi) is 12.5. The normalized spacial score (nSPS) is 14.5. The van der Waals surface area contributed by atoms with E-state index in [4.69, 9.17) is 10.5 Å². The maximum absolute atomic E-state index is 15.7. The summed E-state index contributed by atoms with van der Waals surface area (Å²) in [5, 5.41) is 2.18. The lowest BCUT2D eigenvalue weighted by Gasteiger charge is -2.29. The number of hydrogen-bond donors (Lipinski definition) is 2. The molecule has 0 saturated carbocycles. The van der Waals surface area contributed by atoms with Gasteiger partial charge in [0.2, 0.25) is 5.43 Å². The van der Waals surface area contributed by atoms with Crippen LogP contribution in [-0.2, 0) is 14.3 Å². The molecule has 4 heterocycles. The Balaban J connectivity index is 0.000000300. The maximum atomic E-state index is 15.7. The lowest BCUT2D eigenvalue weighted by atomic mass is 10.0. The Morgan fingerprint density at radius 3 is 1.96 bits per heavy atom. The summed E-state index contributed by atoms with van der Waals surface area (Å²) in [7, 11) is 1.50. The van der Waals surface area contributed by atoms with Gasteiger partial charge in [-0.3, -0.25) is 14.4 Å². The first-order chi connectivity index (χ1) is 24.6. The van der Waals surface area contributed by atoms with Crippen LogP contribution in [0.25, 0.3) is 27.4 Å². The summed E-state index contributed by atoms with van der Waals surface area (Å²) in [5.74, 6) is 0.138. The highest BCUT2D eigenvalue weighted by Crippen LogP contribution is 2.48. The second-order valence-electron chi connectivity index (χ2n) is 14.5. The quantitative estimate of drug-likeness (QED) is 0.195. The number of hydrogen-bond acceptors (Lipinski definition) is 9. The zero-order valence-electron chi connectivity index (χ0n) is 31.1. The molecule has 0 aliphatic carbocycles. The van der Waals surface area contributed by atoms with E-state index in [1.807, 2.05) is 66.6 Å². The number of anilines is 1. The van der Waals surface area contributed by atoms with Crippen LogP contribution in [0.1, 0.15) is 77.6 Å². The monoisotopic (exact) mass is 719 g/mol. The van der Waals surface area contributed by atoms with Crippen molar-refractivity contribution in [1.29, 1.82) is 0 Å². The summed E-state index contributed by atoms with van der Waals surface area (Å²) < 4.78 is 33.0. The molecule has 3 aliphatic rings. The van der Waals surface area contributed by atoms with Gasteiger partial charge in [-0.2, -0.15) is 0 Å². The molecule has 2 amide bonds. The van der Waals surface area contributed by atoms with Gasteiger partial charge in [0.05, 0.1) is 11.1 Å². The Hall–Kier alpha value is -5.17. The molecular formula is C39H50FN5O7. The van der Waals surface area contributed by atoms with Crippen molar-refractivity contribution in [2.24, 2.45) is 11.5 Å². The molecule has 3 aromatic carbocycles. The molecule has 12 nitrogen and oxygen atoms in total. The number of fused-ring (bicyclic) bond motifs is 3. The Labute approximate surface area is 303 Å². The van der Waals surface area contributed by atoms with Crippen molar-refractivity contribution in [3.8, 4) is 17.2 Å². The Bertz CT molecular complexity index is 1990. The summed E-state index contributed by atoms with van der Waals surface area (Å²) >= 11 is 0. The van der Waals surface area contributed by atoms with Crippen LogP contribution in [-0.4, -0.2) is 72.4 Å². The molecule has 4 N–H and O–H groups in total. The lowest BCUT2D eigenvalue weighted by Crippen LogP contribution is -2.33. The molecule has 0 atom stereocenters. The molecule has 2 fully saturated rings. The van der Waals surface area contributed by atoms with Gasteiger partial charge in [0.15, 0.2) is 17.3 Å². The third kappa shape index (κ3) is 9.19. The number of primary amides is 1. The summed E-state index contributed by atoms with van der Waals surface area (Å²) in [6, 6.07) is 13.2. The zero-order chi connectivity index (χ0) is 38.4. The minimum Gasteiger partial charge on any atom is -0.462 e. The highest BCUT2D eigenvalue weighted by molar-refractivity contribution is 6.02. The molecule has 0 bridgehead atoms. The van der Waals surface area contributed by atoms with Crippen LogP contribution in [0.4, 0.5) is 14.9 Å². The molecule has 4 aromatic rings. The van der Waals surface area contributed by atoms with Crippen LogP contribution in [0.3, 0.4) is 0 Å². The minimum absolute atomic E-state index is 0.0691. The fraction of sp³-hybridized carbons (Fsp3) is 0.436. The first-order valence-corrected chi connectivity index (χ1v) is 17.4. The fourth-order valence-corrected chi connectivity index (χ4v) is 6.21. The topological polar surface area (TPSA) is 159 Å². The van der Waals surface area contributed by atoms with Crippen LogP contribution in [0.2, 0.25) is 0 Å². The molecule has 1 aromatic heterocycles. The molecule has 280 valence electrons. The Morgan fingerprint density at radius 2 is 1.46 bits per heavy atom. The van der Waals surface area contributed by atoms with Crippen LogP contribution in [0, 0.1) is 5.82 Å². The number of pyridine rings is 1. The molecule has 3 aliphatic heterocycles. The summed E-state index contributed by atoms with van der Waals surface area (Å²) in [6.45, 7) is 13.9. The van der Waals surface area contributed by atoms with Gasteiger partial charge < -0.3 is 40.0 Å². The van der Waals surface area contributed by atoms with E-state index in [0.717, 1.165) is 55.2 Å². The van der Waals surface area contributed by atoms with E-state index in [-0.39, 0.29) is 22.5 Å². The van der Waals surface area contributed by atoms with Crippen molar-refractivity contribution in [2.75, 3.05) is 38.1 Å². The number of nitrogens with zero attached hydrogens (tertiary/aromatic N) is 3. The van der Waals surface area contributed by atoms with E-state index >= 15 is 4.39 Å². The van der Waals surface area contributed by atoms with E-state index in [2.05, 4.69) is 15.2 Å². The summed E-state index contributed by atoms with van der Waals surface area (Å²) in [4.78, 5) is 50.3. The molecule has 13 heteroatoms. The third-order valence-electron chi connectivity index (χ3n) is 8.32. The molecule has 0 spiro atoms. The predicted octanol–water partition coefficient (Wildman–Crippen LogP) is 6.64. The lowest BCUT2D eigenvalue weighted by molar-refractivity contribution is -0.138. The largest absolute Gasteiger partial charge is 0.462 e. The van der Waals surface area contributed by atoms with E-state index in [1.54, 1.807) is 31.9 Å². The number of amides is 2. The highest BCUT2D eigenvalue weighted by atomic mass is 19.1. The first kappa shape index (κ1) is 39.6. The van der Waals surface area contributed by atoms with E-state index in [9.17, 15) is 19.2 Å². The standard InChI is InChI=1S/C28H24FN3O3.C5H11NO2.C5H10O2.CH5N/c29-21-15-19-24-27(25(21)30-9-3-4-10-30)35-23-14-18-8-2-1-7-17(18)13-22(23)32(24)16-20(26(19)33)28(34)31-11-5-6-12-31;1-5(2,3)8-4(6)7;1-5(2,3)7-4-6;1-2/h1-2,7-8,13-16H,3-6,9-12H2;1-3H3,(H2,6,7);4H,1-3H3;2H2,1H3. The van der Waals surface area contributed by atoms with Gasteiger partial charge in [-0.25, -0.2) is 9.18 Å². The van der Waals surface area contributed by atoms with Crippen LogP contribution in [0.15, 0.2) is 53.5 Å². The first-order valence-electron chi connectivity index (χ1n) is 17.4. The van der Waals surface area contributed by atoms with Crippen LogP contribution < -0.4 is 26.5 Å². The molecule has 52 heavy (non-hydrogen) atoms. The number of likely N-dealkylation sites (tertiary alicyclic amines) is 1. The van der Waals surface area contributed by atoms with Crippen LogP contribution >= 0.6 is 0 Å². The minimum atomic E-state index is -0.725. The molecule has 0 unspecified atom stereocenters. The molecular weight excluding hydrogens is 669 g/mol. The van der Waals surface area contributed by atoms with Gasteiger partial charge in [-0.05, 0) is 103 Å². The molecule has 7 rings (SSSR count). The number of carbonyl (C=O) groups excluding carboxylic acids is 3. The van der Waals surface area contributed by atoms with Crippen LogP contribution in [0.5, 0.6) is 11.5 Å². The van der Waals surface area contributed by atoms with E-state index in [1.165, 1.54) is 13.1 Å². The molecule has 0 radical (unpaired) electrons.